The Balaban J connectivity index is 0.964. The third-order valence-corrected chi connectivity index (χ3v) is 12.7. The smallest absolute Gasteiger partial charge is 0.159 e. The summed E-state index contributed by atoms with van der Waals surface area (Å²) >= 11 is 0. The third kappa shape index (κ3) is 5.20. The molecule has 4 heteroatoms. The number of fused-ring (bicyclic) bond motifs is 10. The van der Waals surface area contributed by atoms with Crippen molar-refractivity contribution in [2.45, 2.75) is 0 Å². The van der Waals surface area contributed by atoms with E-state index in [0.29, 0.717) is 0 Å². The summed E-state index contributed by atoms with van der Waals surface area (Å²) in [5.41, 5.74) is 14.1. The molecule has 0 N–H and O–H groups in total. The first kappa shape index (κ1) is 34.5. The number of furan rings is 1. The number of para-hydroxylation sites is 5. The Morgan fingerprint density at radius 3 is 1.68 bits per heavy atom. The second-order valence-corrected chi connectivity index (χ2v) is 16.1. The lowest BCUT2D eigenvalue weighted by molar-refractivity contribution is 0.669. The van der Waals surface area contributed by atoms with E-state index in [1.54, 1.807) is 0 Å². The maximum Gasteiger partial charge on any atom is 0.159 e. The van der Waals surface area contributed by atoms with Gasteiger partial charge in [0, 0.05) is 49.4 Å². The van der Waals surface area contributed by atoms with Gasteiger partial charge in [0.1, 0.15) is 5.58 Å². The van der Waals surface area contributed by atoms with Crippen LogP contribution < -0.4 is 4.90 Å². The fourth-order valence-electron chi connectivity index (χ4n) is 9.90. The number of rotatable bonds is 6. The summed E-state index contributed by atoms with van der Waals surface area (Å²) in [6.07, 6.45) is 0. The summed E-state index contributed by atoms with van der Waals surface area (Å²) in [6, 6.07) is 80.9. The Morgan fingerprint density at radius 2 is 0.887 bits per heavy atom. The van der Waals surface area contributed by atoms with Crippen LogP contribution in [0.4, 0.5) is 17.1 Å². The number of anilines is 3. The van der Waals surface area contributed by atoms with Gasteiger partial charge in [0.05, 0.1) is 33.4 Å². The van der Waals surface area contributed by atoms with Gasteiger partial charge in [0.2, 0.25) is 0 Å². The van der Waals surface area contributed by atoms with Crippen LogP contribution in [0.3, 0.4) is 0 Å². The monoisotopic (exact) mass is 791 g/mol. The standard InChI is InChI=1S/C58H37N3O/c1-2-16-42(17-3-1)59-51-23-10-7-20-48(51)57-52(59)24-13-25-53(57)61(54-26-12-21-47-46-19-8-11-27-56(46)62-58(47)54)44-34-30-39(31-35-44)38-28-32-43(33-29-38)60-50-22-9-6-18-45(50)49-36-40-14-4-5-15-41(40)37-55(49)60/h1-37H. The molecule has 13 aromatic rings. The molecule has 3 heterocycles. The van der Waals surface area contributed by atoms with Crippen molar-refractivity contribution in [3.8, 4) is 22.5 Å². The van der Waals surface area contributed by atoms with Crippen molar-refractivity contribution in [1.82, 2.24) is 9.13 Å². The molecule has 0 aliphatic carbocycles. The molecule has 62 heavy (non-hydrogen) atoms. The van der Waals surface area contributed by atoms with Gasteiger partial charge in [0.15, 0.2) is 5.58 Å². The Bertz CT molecular complexity index is 3850. The van der Waals surface area contributed by atoms with Gasteiger partial charge in [-0.05, 0) is 107 Å². The van der Waals surface area contributed by atoms with Crippen molar-refractivity contribution in [3.63, 3.8) is 0 Å². The van der Waals surface area contributed by atoms with Gasteiger partial charge < -0.3 is 18.5 Å². The molecule has 10 aromatic carbocycles. The largest absolute Gasteiger partial charge is 0.454 e. The van der Waals surface area contributed by atoms with Crippen molar-refractivity contribution in [1.29, 1.82) is 0 Å². The van der Waals surface area contributed by atoms with Crippen LogP contribution in [-0.4, -0.2) is 9.13 Å². The van der Waals surface area contributed by atoms with Crippen LogP contribution in [0.5, 0.6) is 0 Å². The molecule has 0 atom stereocenters. The predicted octanol–water partition coefficient (Wildman–Crippen LogP) is 16.1. The molecule has 0 amide bonds. The molecular formula is C58H37N3O. The average Bonchev–Trinajstić information content (AvgIpc) is 4.00. The summed E-state index contributed by atoms with van der Waals surface area (Å²) in [4.78, 5) is 2.38. The molecule has 290 valence electrons. The van der Waals surface area contributed by atoms with Gasteiger partial charge in [-0.2, -0.15) is 0 Å². The highest BCUT2D eigenvalue weighted by Crippen LogP contribution is 2.47. The fourth-order valence-corrected chi connectivity index (χ4v) is 9.90. The summed E-state index contributed by atoms with van der Waals surface area (Å²) in [6.45, 7) is 0. The van der Waals surface area contributed by atoms with E-state index >= 15 is 0 Å². The van der Waals surface area contributed by atoms with E-state index in [9.17, 15) is 0 Å². The third-order valence-electron chi connectivity index (χ3n) is 12.7. The minimum Gasteiger partial charge on any atom is -0.454 e. The lowest BCUT2D eigenvalue weighted by Gasteiger charge is -2.27. The van der Waals surface area contributed by atoms with Crippen LogP contribution in [0.2, 0.25) is 0 Å². The Hall–Kier alpha value is -8.34. The van der Waals surface area contributed by atoms with Crippen LogP contribution in [0.25, 0.3) is 98.8 Å². The fraction of sp³-hybridized carbons (Fsp3) is 0. The molecule has 0 radical (unpaired) electrons. The maximum absolute atomic E-state index is 6.74. The van der Waals surface area contributed by atoms with E-state index < -0.39 is 0 Å². The van der Waals surface area contributed by atoms with Crippen LogP contribution in [-0.2, 0) is 0 Å². The number of benzene rings is 10. The summed E-state index contributed by atoms with van der Waals surface area (Å²) in [5.74, 6) is 0. The molecule has 13 rings (SSSR count). The van der Waals surface area contributed by atoms with Crippen LogP contribution in [0.15, 0.2) is 229 Å². The van der Waals surface area contributed by atoms with Crippen LogP contribution in [0, 0.1) is 0 Å². The lowest BCUT2D eigenvalue weighted by atomic mass is 10.0. The number of hydrogen-bond donors (Lipinski definition) is 0. The highest BCUT2D eigenvalue weighted by Gasteiger charge is 2.24. The van der Waals surface area contributed by atoms with Gasteiger partial charge in [-0.15, -0.1) is 0 Å². The highest BCUT2D eigenvalue weighted by atomic mass is 16.3. The van der Waals surface area contributed by atoms with Crippen molar-refractivity contribution < 1.29 is 4.42 Å². The topological polar surface area (TPSA) is 26.2 Å². The molecule has 0 saturated carbocycles. The van der Waals surface area contributed by atoms with E-state index in [1.165, 1.54) is 43.4 Å². The number of aromatic nitrogens is 2. The van der Waals surface area contributed by atoms with E-state index in [-0.39, 0.29) is 0 Å². The van der Waals surface area contributed by atoms with E-state index in [1.807, 2.05) is 6.07 Å². The quantitative estimate of drug-likeness (QED) is 0.168. The SMILES string of the molecule is c1ccc(-n2c3ccccc3c3c(N(c4ccc(-c5ccc(-n6c7ccccc7c7cc8ccccc8cc76)cc5)cc4)c4cccc5c4oc4ccccc45)cccc32)cc1. The van der Waals surface area contributed by atoms with Gasteiger partial charge in [-0.25, -0.2) is 0 Å². The average molecular weight is 792 g/mol. The zero-order chi connectivity index (χ0) is 40.7. The highest BCUT2D eigenvalue weighted by molar-refractivity contribution is 6.18. The van der Waals surface area contributed by atoms with Crippen molar-refractivity contribution in [3.05, 3.63) is 224 Å². The molecule has 0 aliphatic rings. The number of nitrogens with zero attached hydrogens (tertiary/aromatic N) is 3. The normalized spacial score (nSPS) is 11.9. The molecule has 0 unspecified atom stereocenters. The summed E-state index contributed by atoms with van der Waals surface area (Å²) < 4.78 is 11.5. The van der Waals surface area contributed by atoms with Gasteiger partial charge in [-0.3, -0.25) is 0 Å². The zero-order valence-electron chi connectivity index (χ0n) is 33.6. The van der Waals surface area contributed by atoms with Crippen molar-refractivity contribution >= 4 is 93.4 Å². The zero-order valence-corrected chi connectivity index (χ0v) is 33.6. The van der Waals surface area contributed by atoms with Gasteiger partial charge >= 0.3 is 0 Å². The van der Waals surface area contributed by atoms with Crippen LogP contribution in [0.1, 0.15) is 0 Å². The number of hydrogen-bond acceptors (Lipinski definition) is 2. The van der Waals surface area contributed by atoms with Crippen molar-refractivity contribution in [2.75, 3.05) is 4.90 Å². The van der Waals surface area contributed by atoms with Gasteiger partial charge in [-0.1, -0.05) is 140 Å². The second kappa shape index (κ2) is 13.6. The lowest BCUT2D eigenvalue weighted by Crippen LogP contribution is -2.10. The first-order chi connectivity index (χ1) is 30.8. The molecule has 4 nitrogen and oxygen atoms in total. The second-order valence-electron chi connectivity index (χ2n) is 16.1. The van der Waals surface area contributed by atoms with E-state index in [4.69, 9.17) is 4.42 Å². The summed E-state index contributed by atoms with van der Waals surface area (Å²) in [7, 11) is 0. The Morgan fingerprint density at radius 1 is 0.339 bits per heavy atom. The first-order valence-corrected chi connectivity index (χ1v) is 21.2. The van der Waals surface area contributed by atoms with Gasteiger partial charge in [0.25, 0.3) is 0 Å². The van der Waals surface area contributed by atoms with Crippen LogP contribution >= 0.6 is 0 Å². The van der Waals surface area contributed by atoms with E-state index in [2.05, 4.69) is 232 Å². The van der Waals surface area contributed by atoms with Crippen molar-refractivity contribution in [2.24, 2.45) is 0 Å². The molecule has 0 fully saturated rings. The van der Waals surface area contributed by atoms with E-state index in [0.717, 1.165) is 72.5 Å². The molecule has 0 bridgehead atoms. The molecule has 3 aromatic heterocycles. The maximum atomic E-state index is 6.74. The Labute approximate surface area is 357 Å². The molecular weight excluding hydrogens is 755 g/mol. The molecule has 0 saturated heterocycles. The Kier molecular flexibility index (Phi) is 7.57. The minimum absolute atomic E-state index is 0.857. The predicted molar refractivity (Wildman–Crippen MR) is 260 cm³/mol. The minimum atomic E-state index is 0.857. The summed E-state index contributed by atoms with van der Waals surface area (Å²) in [5, 5.41) is 9.59. The molecule has 0 aliphatic heterocycles. The molecule has 0 spiro atoms. The first-order valence-electron chi connectivity index (χ1n) is 21.2.